The molecule has 1 aromatic carbocycles. The number of aliphatic hydroxyl groups is 1. The zero-order valence-electron chi connectivity index (χ0n) is 11.6. The first-order valence-electron chi connectivity index (χ1n) is 6.75. The van der Waals surface area contributed by atoms with Gasteiger partial charge < -0.3 is 15.2 Å². The van der Waals surface area contributed by atoms with Crippen LogP contribution in [0.2, 0.25) is 0 Å². The van der Waals surface area contributed by atoms with Crippen molar-refractivity contribution in [1.29, 1.82) is 0 Å². The van der Waals surface area contributed by atoms with Crippen molar-refractivity contribution in [3.05, 3.63) is 29.8 Å². The van der Waals surface area contributed by atoms with E-state index in [0.29, 0.717) is 19.2 Å². The van der Waals surface area contributed by atoms with E-state index in [9.17, 15) is 5.11 Å². The van der Waals surface area contributed by atoms with Crippen LogP contribution in [0, 0.1) is 0 Å². The molecule has 0 aliphatic heterocycles. The predicted octanol–water partition coefficient (Wildman–Crippen LogP) is 2.38. The van der Waals surface area contributed by atoms with Gasteiger partial charge in [-0.2, -0.15) is 0 Å². The van der Waals surface area contributed by atoms with Crippen molar-refractivity contribution in [1.82, 2.24) is 5.32 Å². The molecule has 1 rings (SSSR count). The number of ether oxygens (including phenoxy) is 1. The molecule has 1 atom stereocenters. The van der Waals surface area contributed by atoms with Gasteiger partial charge in [-0.1, -0.05) is 39.3 Å². The van der Waals surface area contributed by atoms with Gasteiger partial charge in [0.05, 0.1) is 0 Å². The Labute approximate surface area is 110 Å². The molecule has 1 aromatic rings. The molecule has 102 valence electrons. The first-order valence-corrected chi connectivity index (χ1v) is 6.75. The third-order valence-corrected chi connectivity index (χ3v) is 2.67. The molecule has 3 nitrogen and oxygen atoms in total. The normalized spacial score (nSPS) is 12.7. The molecule has 0 saturated heterocycles. The molecular weight excluding hydrogens is 226 g/mol. The van der Waals surface area contributed by atoms with Crippen molar-refractivity contribution in [3.63, 3.8) is 0 Å². The molecule has 3 heteroatoms. The number of aliphatic hydroxyl groups excluding tert-OH is 1. The minimum atomic E-state index is -0.470. The van der Waals surface area contributed by atoms with Crippen LogP contribution < -0.4 is 10.1 Å². The number of hydrogen-bond donors (Lipinski definition) is 2. The fourth-order valence-electron chi connectivity index (χ4n) is 1.66. The van der Waals surface area contributed by atoms with Gasteiger partial charge in [0.15, 0.2) is 0 Å². The molecule has 2 N–H and O–H groups in total. The van der Waals surface area contributed by atoms with E-state index in [0.717, 1.165) is 18.6 Å². The van der Waals surface area contributed by atoms with E-state index < -0.39 is 6.10 Å². The second-order valence-electron chi connectivity index (χ2n) is 4.92. The van der Waals surface area contributed by atoms with Crippen molar-refractivity contribution in [2.45, 2.75) is 45.8 Å². The Bertz CT molecular complexity index is 322. The zero-order chi connectivity index (χ0) is 13.4. The molecule has 0 unspecified atom stereocenters. The Kier molecular flexibility index (Phi) is 6.76. The van der Waals surface area contributed by atoms with Crippen molar-refractivity contribution in [2.75, 3.05) is 13.2 Å². The molecule has 0 radical (unpaired) electrons. The van der Waals surface area contributed by atoms with Gasteiger partial charge in [-0.05, 0) is 24.1 Å². The minimum Gasteiger partial charge on any atom is -0.491 e. The highest BCUT2D eigenvalue weighted by atomic mass is 16.5. The summed E-state index contributed by atoms with van der Waals surface area (Å²) in [5.41, 5.74) is 1.33. The van der Waals surface area contributed by atoms with Crippen LogP contribution in [0.15, 0.2) is 24.3 Å². The summed E-state index contributed by atoms with van der Waals surface area (Å²) >= 11 is 0. The van der Waals surface area contributed by atoms with E-state index in [4.69, 9.17) is 4.74 Å². The van der Waals surface area contributed by atoms with E-state index in [2.05, 4.69) is 38.2 Å². The van der Waals surface area contributed by atoms with Crippen LogP contribution in [0.1, 0.15) is 32.8 Å². The van der Waals surface area contributed by atoms with Crippen LogP contribution >= 0.6 is 0 Å². The van der Waals surface area contributed by atoms with Crippen molar-refractivity contribution in [2.24, 2.45) is 0 Å². The van der Waals surface area contributed by atoms with E-state index in [1.807, 2.05) is 12.1 Å². The van der Waals surface area contributed by atoms with Gasteiger partial charge in [-0.25, -0.2) is 0 Å². The first kappa shape index (κ1) is 15.0. The average molecular weight is 251 g/mol. The molecule has 0 fully saturated rings. The van der Waals surface area contributed by atoms with Crippen LogP contribution in [0.3, 0.4) is 0 Å². The summed E-state index contributed by atoms with van der Waals surface area (Å²) in [7, 11) is 0. The maximum absolute atomic E-state index is 9.71. The third-order valence-electron chi connectivity index (χ3n) is 2.67. The van der Waals surface area contributed by atoms with Crippen LogP contribution in [-0.2, 0) is 6.42 Å². The first-order chi connectivity index (χ1) is 8.61. The molecule has 0 amide bonds. The van der Waals surface area contributed by atoms with Crippen LogP contribution in [0.25, 0.3) is 0 Å². The lowest BCUT2D eigenvalue weighted by Gasteiger charge is -2.15. The van der Waals surface area contributed by atoms with Gasteiger partial charge in [0.1, 0.15) is 18.5 Å². The summed E-state index contributed by atoms with van der Waals surface area (Å²) in [6, 6.07) is 8.48. The highest BCUT2D eigenvalue weighted by Gasteiger charge is 2.05. The van der Waals surface area contributed by atoms with Crippen molar-refractivity contribution < 1.29 is 9.84 Å². The number of rotatable bonds is 8. The van der Waals surface area contributed by atoms with Gasteiger partial charge in [-0.15, -0.1) is 0 Å². The number of benzene rings is 1. The SMILES string of the molecule is CCCc1ccc(OC[C@H](O)CNC(C)C)cc1. The van der Waals surface area contributed by atoms with Gasteiger partial charge >= 0.3 is 0 Å². The lowest BCUT2D eigenvalue weighted by atomic mass is 10.1. The van der Waals surface area contributed by atoms with Crippen LogP contribution in [0.4, 0.5) is 0 Å². The Hall–Kier alpha value is -1.06. The van der Waals surface area contributed by atoms with Gasteiger partial charge in [0.2, 0.25) is 0 Å². The van der Waals surface area contributed by atoms with Gasteiger partial charge in [-0.3, -0.25) is 0 Å². The standard InChI is InChI=1S/C15H25NO2/c1-4-5-13-6-8-15(9-7-13)18-11-14(17)10-16-12(2)3/h6-9,12,14,16-17H,4-5,10-11H2,1-3H3/t14-/m1/s1. The molecule has 0 spiro atoms. The molecule has 0 aliphatic rings. The van der Waals surface area contributed by atoms with Crippen LogP contribution in [0.5, 0.6) is 5.75 Å². The number of nitrogens with one attached hydrogen (secondary N) is 1. The Balaban J connectivity index is 2.29. The van der Waals surface area contributed by atoms with Crippen molar-refractivity contribution >= 4 is 0 Å². The average Bonchev–Trinajstić information content (AvgIpc) is 2.36. The molecule has 0 aromatic heterocycles. The highest BCUT2D eigenvalue weighted by molar-refractivity contribution is 5.27. The Morgan fingerprint density at radius 2 is 1.89 bits per heavy atom. The summed E-state index contributed by atoms with van der Waals surface area (Å²) in [5.74, 6) is 0.818. The molecule has 0 aliphatic carbocycles. The quantitative estimate of drug-likeness (QED) is 0.745. The van der Waals surface area contributed by atoms with E-state index in [1.54, 1.807) is 0 Å². The molecule has 0 bridgehead atoms. The monoisotopic (exact) mass is 251 g/mol. The maximum Gasteiger partial charge on any atom is 0.119 e. The van der Waals surface area contributed by atoms with E-state index >= 15 is 0 Å². The third kappa shape index (κ3) is 6.03. The highest BCUT2D eigenvalue weighted by Crippen LogP contribution is 2.13. The number of hydrogen-bond acceptors (Lipinski definition) is 3. The topological polar surface area (TPSA) is 41.5 Å². The van der Waals surface area contributed by atoms with Gasteiger partial charge in [0.25, 0.3) is 0 Å². The lowest BCUT2D eigenvalue weighted by molar-refractivity contribution is 0.104. The summed E-state index contributed by atoms with van der Waals surface area (Å²) in [6.07, 6.45) is 1.78. The summed E-state index contributed by atoms with van der Waals surface area (Å²) < 4.78 is 5.54. The second-order valence-corrected chi connectivity index (χ2v) is 4.92. The largest absolute Gasteiger partial charge is 0.491 e. The minimum absolute atomic E-state index is 0.326. The second kappa shape index (κ2) is 8.11. The smallest absolute Gasteiger partial charge is 0.119 e. The predicted molar refractivity (Wildman–Crippen MR) is 75.1 cm³/mol. The van der Waals surface area contributed by atoms with E-state index in [-0.39, 0.29) is 0 Å². The van der Waals surface area contributed by atoms with E-state index in [1.165, 1.54) is 5.56 Å². The fourth-order valence-corrected chi connectivity index (χ4v) is 1.66. The van der Waals surface area contributed by atoms with Crippen LogP contribution in [-0.4, -0.2) is 30.4 Å². The molecule has 0 heterocycles. The summed E-state index contributed by atoms with van der Waals surface area (Å²) in [5, 5.41) is 12.9. The molecule has 0 saturated carbocycles. The Morgan fingerprint density at radius 3 is 2.44 bits per heavy atom. The zero-order valence-corrected chi connectivity index (χ0v) is 11.6. The maximum atomic E-state index is 9.71. The summed E-state index contributed by atoms with van der Waals surface area (Å²) in [6.45, 7) is 7.17. The molecule has 18 heavy (non-hydrogen) atoms. The van der Waals surface area contributed by atoms with Gasteiger partial charge in [0, 0.05) is 12.6 Å². The molecular formula is C15H25NO2. The van der Waals surface area contributed by atoms with Crippen molar-refractivity contribution in [3.8, 4) is 5.75 Å². The Morgan fingerprint density at radius 1 is 1.22 bits per heavy atom. The number of aryl methyl sites for hydroxylation is 1. The fraction of sp³-hybridized carbons (Fsp3) is 0.600. The summed E-state index contributed by atoms with van der Waals surface area (Å²) in [4.78, 5) is 0. The lowest BCUT2D eigenvalue weighted by Crippen LogP contribution is -2.35.